The van der Waals surface area contributed by atoms with Crippen molar-refractivity contribution in [1.82, 2.24) is 15.3 Å². The molecule has 2 aromatic heterocycles. The van der Waals surface area contributed by atoms with Crippen LogP contribution < -0.4 is 11.1 Å². The van der Waals surface area contributed by atoms with E-state index in [9.17, 15) is 4.79 Å². The van der Waals surface area contributed by atoms with Gasteiger partial charge in [0.25, 0.3) is 0 Å². The zero-order valence-electron chi connectivity index (χ0n) is 16.5. The van der Waals surface area contributed by atoms with Crippen molar-refractivity contribution in [3.63, 3.8) is 0 Å². The molecule has 3 N–H and O–H groups in total. The van der Waals surface area contributed by atoms with Gasteiger partial charge in [0.05, 0.1) is 23.3 Å². The number of nitrogen functional groups attached to an aromatic ring is 1. The van der Waals surface area contributed by atoms with Crippen molar-refractivity contribution in [3.05, 3.63) is 46.3 Å². The number of benzene rings is 1. The highest BCUT2D eigenvalue weighted by molar-refractivity contribution is 7.99. The minimum Gasteiger partial charge on any atom is -0.383 e. The van der Waals surface area contributed by atoms with E-state index in [1.807, 2.05) is 30.3 Å². The Labute approximate surface area is 178 Å². The maximum Gasteiger partial charge on any atom is 0.230 e. The summed E-state index contributed by atoms with van der Waals surface area (Å²) in [6, 6.07) is 9.83. The number of carbonyl (C=O) groups is 1. The van der Waals surface area contributed by atoms with Gasteiger partial charge < -0.3 is 15.8 Å². The molecule has 0 aliphatic carbocycles. The minimum absolute atomic E-state index is 0.0568. The molecule has 0 fully saturated rings. The standard InChI is InChI=1S/C21H24N4O2S2/c1-3-21(2)9-14-15(11-27-21)29-19-17(14)18(22)24-20(25-19)28-12-16(26)23-10-13-7-5-4-6-8-13/h4-8H,3,9-12H2,1-2H3,(H,23,26)(H2,22,24,25)/t21-/m0/s1. The molecule has 4 rings (SSSR count). The van der Waals surface area contributed by atoms with Crippen molar-refractivity contribution in [2.24, 2.45) is 0 Å². The summed E-state index contributed by atoms with van der Waals surface area (Å²) in [6.45, 7) is 5.37. The SMILES string of the molecule is CC[C@@]1(C)Cc2c(sc3nc(SCC(=O)NCc4ccccc4)nc(N)c23)CO1. The molecule has 1 aliphatic heterocycles. The lowest BCUT2D eigenvalue weighted by molar-refractivity contribution is -0.118. The van der Waals surface area contributed by atoms with Crippen molar-refractivity contribution in [3.8, 4) is 0 Å². The molecule has 1 aromatic carbocycles. The second-order valence-electron chi connectivity index (χ2n) is 7.40. The van der Waals surface area contributed by atoms with E-state index in [-0.39, 0.29) is 17.3 Å². The quantitative estimate of drug-likeness (QED) is 0.457. The highest BCUT2D eigenvalue weighted by atomic mass is 32.2. The number of carbonyl (C=O) groups excluding carboxylic acids is 1. The van der Waals surface area contributed by atoms with E-state index >= 15 is 0 Å². The smallest absolute Gasteiger partial charge is 0.230 e. The number of aromatic nitrogens is 2. The predicted octanol–water partition coefficient (Wildman–Crippen LogP) is 3.92. The average Bonchev–Trinajstić information content (AvgIpc) is 3.09. The Balaban J connectivity index is 1.45. The summed E-state index contributed by atoms with van der Waals surface area (Å²) >= 11 is 2.92. The molecule has 8 heteroatoms. The van der Waals surface area contributed by atoms with Crippen molar-refractivity contribution in [1.29, 1.82) is 0 Å². The molecule has 29 heavy (non-hydrogen) atoms. The number of nitrogens with zero attached hydrogens (tertiary/aromatic N) is 2. The minimum atomic E-state index is -0.169. The number of nitrogens with one attached hydrogen (secondary N) is 1. The maximum absolute atomic E-state index is 12.2. The van der Waals surface area contributed by atoms with Gasteiger partial charge in [-0.1, -0.05) is 49.0 Å². The monoisotopic (exact) mass is 428 g/mol. The molecular formula is C21H24N4O2S2. The zero-order chi connectivity index (χ0) is 20.4. The number of ether oxygens (including phenoxy) is 1. The molecular weight excluding hydrogens is 404 g/mol. The molecule has 1 atom stereocenters. The van der Waals surface area contributed by atoms with E-state index < -0.39 is 0 Å². The fourth-order valence-electron chi connectivity index (χ4n) is 3.35. The Morgan fingerprint density at radius 3 is 2.90 bits per heavy atom. The largest absolute Gasteiger partial charge is 0.383 e. The zero-order valence-corrected chi connectivity index (χ0v) is 18.2. The summed E-state index contributed by atoms with van der Waals surface area (Å²) in [7, 11) is 0. The Bertz CT molecular complexity index is 1040. The van der Waals surface area contributed by atoms with Crippen LogP contribution in [0.3, 0.4) is 0 Å². The summed E-state index contributed by atoms with van der Waals surface area (Å²) < 4.78 is 6.05. The second kappa shape index (κ2) is 8.30. The number of hydrogen-bond acceptors (Lipinski definition) is 7. The van der Waals surface area contributed by atoms with Gasteiger partial charge in [0.1, 0.15) is 10.6 Å². The lowest BCUT2D eigenvalue weighted by atomic mass is 9.90. The van der Waals surface area contributed by atoms with Gasteiger partial charge in [-0.3, -0.25) is 4.79 Å². The summed E-state index contributed by atoms with van der Waals surface area (Å²) in [5.74, 6) is 0.679. The van der Waals surface area contributed by atoms with Gasteiger partial charge >= 0.3 is 0 Å². The predicted molar refractivity (Wildman–Crippen MR) is 118 cm³/mol. The Morgan fingerprint density at radius 2 is 2.14 bits per heavy atom. The van der Waals surface area contributed by atoms with Crippen LogP contribution in [0.2, 0.25) is 0 Å². The molecule has 1 amide bonds. The van der Waals surface area contributed by atoms with Crippen molar-refractivity contribution in [2.75, 3.05) is 11.5 Å². The van der Waals surface area contributed by atoms with Gasteiger partial charge in [-0.25, -0.2) is 9.97 Å². The molecule has 6 nitrogen and oxygen atoms in total. The Morgan fingerprint density at radius 1 is 1.34 bits per heavy atom. The van der Waals surface area contributed by atoms with Crippen LogP contribution in [0, 0.1) is 0 Å². The van der Waals surface area contributed by atoms with Crippen molar-refractivity contribution < 1.29 is 9.53 Å². The van der Waals surface area contributed by atoms with Crippen LogP contribution in [0.15, 0.2) is 35.5 Å². The van der Waals surface area contributed by atoms with Crippen LogP contribution >= 0.6 is 23.1 Å². The number of hydrogen-bond donors (Lipinski definition) is 2. The highest BCUT2D eigenvalue weighted by Crippen LogP contribution is 2.41. The van der Waals surface area contributed by atoms with Gasteiger partial charge in [-0.2, -0.15) is 0 Å². The van der Waals surface area contributed by atoms with E-state index in [0.717, 1.165) is 28.6 Å². The molecule has 1 aliphatic rings. The molecule has 0 spiro atoms. The van der Waals surface area contributed by atoms with Crippen LogP contribution in [0.4, 0.5) is 5.82 Å². The molecule has 0 saturated carbocycles. The summed E-state index contributed by atoms with van der Waals surface area (Å²) in [6.07, 6.45) is 1.76. The van der Waals surface area contributed by atoms with Crippen LogP contribution in [0.1, 0.15) is 36.3 Å². The molecule has 0 radical (unpaired) electrons. The Hall–Kier alpha value is -2.16. The van der Waals surface area contributed by atoms with Crippen LogP contribution in [-0.2, 0) is 29.1 Å². The van der Waals surface area contributed by atoms with Gasteiger partial charge in [0.2, 0.25) is 5.91 Å². The molecule has 152 valence electrons. The first-order valence-corrected chi connectivity index (χ1v) is 11.4. The molecule has 0 bridgehead atoms. The molecule has 0 unspecified atom stereocenters. The van der Waals surface area contributed by atoms with E-state index in [0.29, 0.717) is 24.1 Å². The first-order chi connectivity index (χ1) is 14.0. The van der Waals surface area contributed by atoms with E-state index in [2.05, 4.69) is 29.1 Å². The summed E-state index contributed by atoms with van der Waals surface area (Å²) in [5.41, 5.74) is 8.41. The average molecular weight is 429 g/mol. The van der Waals surface area contributed by atoms with Crippen molar-refractivity contribution >= 4 is 45.0 Å². The third kappa shape index (κ3) is 4.39. The van der Waals surface area contributed by atoms with E-state index in [1.54, 1.807) is 11.3 Å². The van der Waals surface area contributed by atoms with Gasteiger partial charge in [-0.05, 0) is 24.5 Å². The Kier molecular flexibility index (Phi) is 5.76. The third-order valence-electron chi connectivity index (χ3n) is 5.26. The molecule has 3 aromatic rings. The number of thioether (sulfide) groups is 1. The lowest BCUT2D eigenvalue weighted by Crippen LogP contribution is -2.33. The van der Waals surface area contributed by atoms with Crippen molar-refractivity contribution in [2.45, 2.75) is 50.6 Å². The third-order valence-corrected chi connectivity index (χ3v) is 7.20. The second-order valence-corrected chi connectivity index (χ2v) is 9.42. The normalized spacial score (nSPS) is 18.6. The molecule has 0 saturated heterocycles. The lowest BCUT2D eigenvalue weighted by Gasteiger charge is -2.33. The summed E-state index contributed by atoms with van der Waals surface area (Å²) in [5, 5.41) is 4.40. The number of amides is 1. The number of thiophene rings is 1. The van der Waals surface area contributed by atoms with Gasteiger partial charge in [-0.15, -0.1) is 11.3 Å². The first-order valence-electron chi connectivity index (χ1n) is 9.62. The number of anilines is 1. The maximum atomic E-state index is 12.2. The first kappa shape index (κ1) is 20.1. The van der Waals surface area contributed by atoms with E-state index in [1.165, 1.54) is 22.2 Å². The topological polar surface area (TPSA) is 90.1 Å². The number of fused-ring (bicyclic) bond motifs is 3. The number of nitrogens with two attached hydrogens (primary N) is 1. The van der Waals surface area contributed by atoms with Gasteiger partial charge in [0.15, 0.2) is 5.16 Å². The van der Waals surface area contributed by atoms with E-state index in [4.69, 9.17) is 10.5 Å². The van der Waals surface area contributed by atoms with Crippen LogP contribution in [-0.4, -0.2) is 27.2 Å². The molecule has 3 heterocycles. The fraction of sp³-hybridized carbons (Fsp3) is 0.381. The number of rotatable bonds is 6. The van der Waals surface area contributed by atoms with Crippen LogP contribution in [0.5, 0.6) is 0 Å². The highest BCUT2D eigenvalue weighted by Gasteiger charge is 2.33. The van der Waals surface area contributed by atoms with Gasteiger partial charge in [0, 0.05) is 17.8 Å². The van der Waals surface area contributed by atoms with Crippen LogP contribution in [0.25, 0.3) is 10.2 Å². The summed E-state index contributed by atoms with van der Waals surface area (Å²) in [4.78, 5) is 23.3. The fourth-order valence-corrected chi connectivity index (χ4v) is 5.20.